The second-order valence-corrected chi connectivity index (χ2v) is 23.5. The molecule has 0 fully saturated rings. The Balaban J connectivity index is 0. The monoisotopic (exact) mass is 521 g/mol. The molecule has 2 aromatic carbocycles. The molecular formula is C20H37Cl2Si3Zr. The van der Waals surface area contributed by atoms with Gasteiger partial charge in [0.2, 0.25) is 0 Å². The first-order valence-corrected chi connectivity index (χ1v) is 24.6. The van der Waals surface area contributed by atoms with E-state index in [1.165, 1.54) is 11.1 Å². The Morgan fingerprint density at radius 3 is 1.08 bits per heavy atom. The van der Waals surface area contributed by atoms with Crippen LogP contribution in [0.15, 0.2) is 36.4 Å². The molecule has 2 rings (SSSR count). The van der Waals surface area contributed by atoms with Crippen molar-refractivity contribution in [2.45, 2.75) is 66.2 Å². The maximum atomic E-state index is 4.93. The summed E-state index contributed by atoms with van der Waals surface area (Å²) in [6.45, 7) is 23.0. The van der Waals surface area contributed by atoms with Gasteiger partial charge in [-0.25, -0.2) is 23.3 Å². The molecule has 0 N–H and O–H groups in total. The van der Waals surface area contributed by atoms with E-state index >= 15 is 0 Å². The van der Waals surface area contributed by atoms with Crippen LogP contribution in [0.3, 0.4) is 0 Å². The molecular weight excluding hydrogens is 487 g/mol. The van der Waals surface area contributed by atoms with Crippen molar-refractivity contribution in [3.8, 4) is 0 Å². The van der Waals surface area contributed by atoms with Crippen molar-refractivity contribution >= 4 is 53.1 Å². The number of aryl methyl sites for hydroxylation is 2. The van der Waals surface area contributed by atoms with Gasteiger partial charge in [-0.05, 0) is 0 Å². The molecule has 0 unspecified atom stereocenters. The molecule has 0 aromatic heterocycles. The molecule has 0 amide bonds. The molecule has 26 heavy (non-hydrogen) atoms. The molecule has 147 valence electrons. The quantitative estimate of drug-likeness (QED) is 0.315. The first kappa shape index (κ1) is 29.0. The predicted octanol–water partition coefficient (Wildman–Crippen LogP) is 6.41. The summed E-state index contributed by atoms with van der Waals surface area (Å²) in [6, 6.07) is 13.6. The van der Waals surface area contributed by atoms with Crippen molar-refractivity contribution in [2.24, 2.45) is 0 Å². The summed E-state index contributed by atoms with van der Waals surface area (Å²) in [4.78, 5) is 0. The van der Waals surface area contributed by atoms with Crippen molar-refractivity contribution in [2.75, 3.05) is 0 Å². The fourth-order valence-electron chi connectivity index (χ4n) is 2.06. The molecule has 0 aliphatic carbocycles. The van der Waals surface area contributed by atoms with Crippen LogP contribution < -0.4 is 10.4 Å². The van der Waals surface area contributed by atoms with Gasteiger partial charge in [0, 0.05) is 9.52 Å². The van der Waals surface area contributed by atoms with E-state index in [1.54, 1.807) is 10.4 Å². The Kier molecular flexibility index (Phi) is 16.5. The van der Waals surface area contributed by atoms with Gasteiger partial charge >= 0.3 is 37.9 Å². The summed E-state index contributed by atoms with van der Waals surface area (Å²) in [5.74, 6) is 0. The number of halogens is 2. The van der Waals surface area contributed by atoms with Gasteiger partial charge in [0.05, 0.1) is 16.1 Å². The van der Waals surface area contributed by atoms with E-state index in [0.29, 0.717) is 0 Å². The minimum atomic E-state index is -1.01. The molecule has 2 aromatic rings. The first-order valence-electron chi connectivity index (χ1n) is 9.01. The second-order valence-electron chi connectivity index (χ2n) is 8.50. The standard InChI is InChI=1S/2C9H15Si.C2H7Si.2ClH.Zr/c2*1-8-5-6-9(7-8)10(2,3)4;1-3-2;;;/h2*5-7H,1-4H3;3H,1-2H3;2*1H;/q2*-1;;;;+4/p-2. The zero-order valence-corrected chi connectivity index (χ0v) is 25.4. The first-order chi connectivity index (χ1) is 11.8. The molecule has 0 saturated carbocycles. The second kappa shape index (κ2) is 14.8. The third-order valence-corrected chi connectivity index (χ3v) is 7.64. The van der Waals surface area contributed by atoms with Crippen LogP contribution in [0.5, 0.6) is 0 Å². The van der Waals surface area contributed by atoms with Crippen LogP contribution in [0.4, 0.5) is 0 Å². The van der Waals surface area contributed by atoms with Gasteiger partial charge in [0.1, 0.15) is 0 Å². The summed E-state index contributed by atoms with van der Waals surface area (Å²) in [5.41, 5.74) is 2.80. The van der Waals surface area contributed by atoms with Crippen LogP contribution in [0, 0.1) is 13.8 Å². The molecule has 0 bridgehead atoms. The summed E-state index contributed by atoms with van der Waals surface area (Å²) < 4.78 is 0. The van der Waals surface area contributed by atoms with E-state index < -0.39 is 37.0 Å². The molecule has 1 radical (unpaired) electrons. The van der Waals surface area contributed by atoms with Crippen molar-refractivity contribution in [3.05, 3.63) is 47.5 Å². The molecule has 0 heterocycles. The fraction of sp³-hybridized carbons (Fsp3) is 0.500. The van der Waals surface area contributed by atoms with Crippen LogP contribution in [-0.2, 0) is 20.8 Å². The predicted molar refractivity (Wildman–Crippen MR) is 130 cm³/mol. The van der Waals surface area contributed by atoms with Gasteiger partial charge in [-0.2, -0.15) is 34.6 Å². The Morgan fingerprint density at radius 1 is 0.769 bits per heavy atom. The van der Waals surface area contributed by atoms with Crippen molar-refractivity contribution < 1.29 is 20.8 Å². The van der Waals surface area contributed by atoms with Crippen LogP contribution in [0.2, 0.25) is 52.4 Å². The Labute approximate surface area is 186 Å². The Hall–Kier alpha value is 0.814. The number of hydrogen-bond donors (Lipinski definition) is 0. The van der Waals surface area contributed by atoms with Gasteiger partial charge in [0.25, 0.3) is 0 Å². The van der Waals surface area contributed by atoms with Gasteiger partial charge in [-0.1, -0.05) is 66.2 Å². The summed E-state index contributed by atoms with van der Waals surface area (Å²) >= 11 is -0.826. The average Bonchev–Trinajstić information content (AvgIpc) is 3.09. The van der Waals surface area contributed by atoms with Gasteiger partial charge < -0.3 is 0 Å². The molecule has 0 aliphatic rings. The van der Waals surface area contributed by atoms with Crippen molar-refractivity contribution in [1.82, 2.24) is 0 Å². The molecule has 0 atom stereocenters. The third-order valence-electron chi connectivity index (χ3n) is 3.55. The topological polar surface area (TPSA) is 0 Å². The van der Waals surface area contributed by atoms with Crippen LogP contribution in [-0.4, -0.2) is 25.7 Å². The summed E-state index contributed by atoms with van der Waals surface area (Å²) in [5, 5.41) is 3.15. The fourth-order valence-corrected chi connectivity index (χ4v) is 4.55. The van der Waals surface area contributed by atoms with E-state index in [9.17, 15) is 0 Å². The maximum absolute atomic E-state index is 4.93. The molecule has 0 saturated heterocycles. The van der Waals surface area contributed by atoms with Crippen LogP contribution >= 0.6 is 17.0 Å². The third kappa shape index (κ3) is 14.8. The molecule has 0 spiro atoms. The van der Waals surface area contributed by atoms with E-state index in [2.05, 4.69) is 103 Å². The number of rotatable bonds is 2. The molecule has 6 heteroatoms. The van der Waals surface area contributed by atoms with E-state index in [0.717, 1.165) is 9.52 Å². The van der Waals surface area contributed by atoms with E-state index in [-0.39, 0.29) is 0 Å². The zero-order valence-electron chi connectivity index (χ0n) is 18.3. The zero-order chi connectivity index (χ0) is 21.0. The van der Waals surface area contributed by atoms with Gasteiger partial charge in [-0.15, -0.1) is 0 Å². The number of hydrogen-bond acceptors (Lipinski definition) is 0. The molecule has 0 aliphatic heterocycles. The van der Waals surface area contributed by atoms with Crippen molar-refractivity contribution in [3.63, 3.8) is 0 Å². The molecule has 0 nitrogen and oxygen atoms in total. The van der Waals surface area contributed by atoms with E-state index in [1.807, 2.05) is 0 Å². The SMILES string of the molecule is C[SiH]C.Cc1c[cH-]c([Si](C)(C)C)c1.Cc1c[cH-]c([Si](C)(C)C)c1.[Cl][Zr+2][Cl]. The normalized spacial score (nSPS) is 10.3. The van der Waals surface area contributed by atoms with Gasteiger partial charge in [-0.3, -0.25) is 0 Å². The van der Waals surface area contributed by atoms with Crippen molar-refractivity contribution in [1.29, 1.82) is 0 Å². The van der Waals surface area contributed by atoms with Crippen LogP contribution in [0.25, 0.3) is 0 Å². The van der Waals surface area contributed by atoms with Crippen LogP contribution in [0.1, 0.15) is 11.1 Å². The Morgan fingerprint density at radius 2 is 1.00 bits per heavy atom. The minimum absolute atomic E-state index is 0.750. The summed E-state index contributed by atoms with van der Waals surface area (Å²) in [7, 11) is 8.59. The summed E-state index contributed by atoms with van der Waals surface area (Å²) in [6.07, 6.45) is 0. The Bertz CT molecular complexity index is 526. The van der Waals surface area contributed by atoms with Gasteiger partial charge in [0.15, 0.2) is 0 Å². The van der Waals surface area contributed by atoms with E-state index in [4.69, 9.17) is 17.0 Å². The average molecular weight is 524 g/mol.